The Bertz CT molecular complexity index is 1440. The molecule has 2 atom stereocenters. The number of fused-ring (bicyclic) bond motifs is 2. The zero-order chi connectivity index (χ0) is 23.5. The summed E-state index contributed by atoms with van der Waals surface area (Å²) in [5.41, 5.74) is 1.33. The quantitative estimate of drug-likeness (QED) is 0.566. The largest absolute Gasteiger partial charge is 0.352 e. The van der Waals surface area contributed by atoms with E-state index in [0.717, 1.165) is 18.9 Å². The van der Waals surface area contributed by atoms with Crippen molar-refractivity contribution in [1.29, 1.82) is 0 Å². The van der Waals surface area contributed by atoms with E-state index in [0.29, 0.717) is 47.1 Å². The van der Waals surface area contributed by atoms with Crippen molar-refractivity contribution in [2.75, 3.05) is 23.1 Å². The van der Waals surface area contributed by atoms with Crippen molar-refractivity contribution < 1.29 is 12.8 Å². The Morgan fingerprint density at radius 2 is 1.94 bits per heavy atom. The number of nitrogens with zero attached hydrogens (tertiary/aromatic N) is 3. The molecule has 2 heterocycles. The van der Waals surface area contributed by atoms with Crippen molar-refractivity contribution in [1.82, 2.24) is 13.9 Å². The normalized spacial score (nSPS) is 20.5. The summed E-state index contributed by atoms with van der Waals surface area (Å²) >= 11 is 6.45. The molecule has 1 aromatic heterocycles. The summed E-state index contributed by atoms with van der Waals surface area (Å²) in [5.74, 6) is 0.411. The van der Waals surface area contributed by atoms with E-state index in [1.165, 1.54) is 21.3 Å². The number of hydrogen-bond acceptors (Lipinski definition) is 5. The van der Waals surface area contributed by atoms with Gasteiger partial charge in [-0.1, -0.05) is 11.6 Å². The number of aryl methyl sites for hydroxylation is 2. The molecule has 1 saturated heterocycles. The molecule has 2 aromatic carbocycles. The summed E-state index contributed by atoms with van der Waals surface area (Å²) in [6.07, 6.45) is 3.36. The third-order valence-corrected chi connectivity index (χ3v) is 8.42. The van der Waals surface area contributed by atoms with Crippen LogP contribution < -0.4 is 15.6 Å². The van der Waals surface area contributed by atoms with Crippen LogP contribution in [-0.2, 0) is 17.3 Å². The fourth-order valence-electron chi connectivity index (χ4n) is 4.44. The molecule has 3 aromatic rings. The van der Waals surface area contributed by atoms with Crippen LogP contribution in [0.25, 0.3) is 10.9 Å². The van der Waals surface area contributed by atoms with Gasteiger partial charge in [-0.05, 0) is 61.4 Å². The summed E-state index contributed by atoms with van der Waals surface area (Å²) in [5, 5.41) is 3.24. The first kappa shape index (κ1) is 22.1. The SMILES string of the molecule is Cc1c(Nc2c(F)ccc(NS(=O)(=O)N3CCC4CC4C3)c2Cl)ccc2ncn(C)c(=O)c12. The van der Waals surface area contributed by atoms with E-state index < -0.39 is 16.0 Å². The van der Waals surface area contributed by atoms with E-state index >= 15 is 0 Å². The lowest BCUT2D eigenvalue weighted by Crippen LogP contribution is -2.40. The smallest absolute Gasteiger partial charge is 0.301 e. The van der Waals surface area contributed by atoms with Crippen LogP contribution in [0.1, 0.15) is 18.4 Å². The van der Waals surface area contributed by atoms with E-state index in [9.17, 15) is 17.6 Å². The van der Waals surface area contributed by atoms with Crippen LogP contribution >= 0.6 is 11.6 Å². The molecule has 1 saturated carbocycles. The number of piperidine rings is 1. The molecule has 2 unspecified atom stereocenters. The number of rotatable bonds is 5. The van der Waals surface area contributed by atoms with Crippen LogP contribution in [0.3, 0.4) is 0 Å². The lowest BCUT2D eigenvalue weighted by Gasteiger charge is -2.26. The van der Waals surface area contributed by atoms with E-state index in [2.05, 4.69) is 15.0 Å². The molecule has 11 heteroatoms. The number of benzene rings is 2. The van der Waals surface area contributed by atoms with Gasteiger partial charge in [0, 0.05) is 25.8 Å². The number of hydrogen-bond donors (Lipinski definition) is 2. The van der Waals surface area contributed by atoms with Crippen LogP contribution in [0.15, 0.2) is 35.4 Å². The minimum Gasteiger partial charge on any atom is -0.352 e. The molecule has 0 radical (unpaired) electrons. The summed E-state index contributed by atoms with van der Waals surface area (Å²) in [4.78, 5) is 16.8. The van der Waals surface area contributed by atoms with E-state index in [4.69, 9.17) is 11.6 Å². The average molecular weight is 492 g/mol. The molecule has 0 bridgehead atoms. The molecule has 174 valence electrons. The topological polar surface area (TPSA) is 96.3 Å². The van der Waals surface area contributed by atoms with Gasteiger partial charge in [-0.2, -0.15) is 12.7 Å². The molecule has 1 aliphatic heterocycles. The van der Waals surface area contributed by atoms with Crippen molar-refractivity contribution in [3.05, 3.63) is 57.3 Å². The zero-order valence-electron chi connectivity index (χ0n) is 18.1. The first-order valence-corrected chi connectivity index (χ1v) is 12.5. The zero-order valence-corrected chi connectivity index (χ0v) is 19.7. The van der Waals surface area contributed by atoms with Crippen LogP contribution in [0.4, 0.5) is 21.5 Å². The van der Waals surface area contributed by atoms with Gasteiger partial charge in [-0.15, -0.1) is 0 Å². The maximum Gasteiger partial charge on any atom is 0.301 e. The van der Waals surface area contributed by atoms with Crippen molar-refractivity contribution in [3.63, 3.8) is 0 Å². The fraction of sp³-hybridized carbons (Fsp3) is 0.364. The van der Waals surface area contributed by atoms with Crippen molar-refractivity contribution >= 4 is 49.8 Å². The van der Waals surface area contributed by atoms with E-state index in [-0.39, 0.29) is 22.0 Å². The Morgan fingerprint density at radius 1 is 1.18 bits per heavy atom. The molecule has 2 fully saturated rings. The Hall–Kier alpha value is -2.69. The predicted octanol–water partition coefficient (Wildman–Crippen LogP) is 3.78. The molecule has 5 rings (SSSR count). The standard InChI is InChI=1S/C22H23ClFN5O3S/c1-12-16(5-6-17-19(12)22(30)28(2)11-25-17)26-21-15(24)3-4-18(20(21)23)27-33(31,32)29-8-7-13-9-14(13)10-29/h3-6,11,13-14,26-27H,7-10H2,1-2H3. The minimum absolute atomic E-state index is 0.0782. The van der Waals surface area contributed by atoms with Crippen molar-refractivity contribution in [3.8, 4) is 0 Å². The van der Waals surface area contributed by atoms with Crippen LogP contribution in [0, 0.1) is 24.6 Å². The molecule has 2 N–H and O–H groups in total. The highest BCUT2D eigenvalue weighted by Gasteiger charge is 2.44. The maximum absolute atomic E-state index is 14.7. The summed E-state index contributed by atoms with van der Waals surface area (Å²) in [7, 11) is -2.22. The average Bonchev–Trinajstić information content (AvgIpc) is 3.56. The van der Waals surface area contributed by atoms with Gasteiger partial charge in [0.1, 0.15) is 5.82 Å². The Kier molecular flexibility index (Phi) is 5.34. The molecule has 0 spiro atoms. The van der Waals surface area contributed by atoms with E-state index in [1.807, 2.05) is 0 Å². The number of anilines is 3. The second-order valence-electron chi connectivity index (χ2n) is 8.71. The Balaban J connectivity index is 1.47. The van der Waals surface area contributed by atoms with Gasteiger partial charge in [0.05, 0.1) is 33.6 Å². The number of aromatic nitrogens is 2. The van der Waals surface area contributed by atoms with E-state index in [1.54, 1.807) is 26.1 Å². The second kappa shape index (κ2) is 7.96. The van der Waals surface area contributed by atoms with Crippen LogP contribution in [0.5, 0.6) is 0 Å². The highest BCUT2D eigenvalue weighted by atomic mass is 35.5. The summed E-state index contributed by atoms with van der Waals surface area (Å²) < 4.78 is 45.8. The second-order valence-corrected chi connectivity index (χ2v) is 10.8. The molecule has 2 aliphatic rings. The van der Waals surface area contributed by atoms with Gasteiger partial charge >= 0.3 is 10.2 Å². The third-order valence-electron chi connectivity index (χ3n) is 6.53. The Labute approximate surface area is 195 Å². The van der Waals surface area contributed by atoms with Gasteiger partial charge in [0.2, 0.25) is 0 Å². The van der Waals surface area contributed by atoms with Gasteiger partial charge in [0.15, 0.2) is 0 Å². The molecule has 1 aliphatic carbocycles. The first-order valence-electron chi connectivity index (χ1n) is 10.6. The van der Waals surface area contributed by atoms with Gasteiger partial charge in [0.25, 0.3) is 5.56 Å². The van der Waals surface area contributed by atoms with Crippen molar-refractivity contribution in [2.45, 2.75) is 19.8 Å². The monoisotopic (exact) mass is 491 g/mol. The van der Waals surface area contributed by atoms with Crippen molar-refractivity contribution in [2.24, 2.45) is 18.9 Å². The van der Waals surface area contributed by atoms with Crippen LogP contribution in [-0.4, -0.2) is 35.4 Å². The lowest BCUT2D eigenvalue weighted by atomic mass is 10.1. The molecule has 33 heavy (non-hydrogen) atoms. The minimum atomic E-state index is -3.82. The number of halogens is 2. The maximum atomic E-state index is 14.7. The fourth-order valence-corrected chi connectivity index (χ4v) is 6.05. The highest BCUT2D eigenvalue weighted by Crippen LogP contribution is 2.45. The summed E-state index contributed by atoms with van der Waals surface area (Å²) in [6, 6.07) is 5.79. The molecular formula is C22H23ClFN5O3S. The lowest BCUT2D eigenvalue weighted by molar-refractivity contribution is 0.336. The highest BCUT2D eigenvalue weighted by molar-refractivity contribution is 7.90. The molecule has 8 nitrogen and oxygen atoms in total. The van der Waals surface area contributed by atoms with Gasteiger partial charge < -0.3 is 9.88 Å². The summed E-state index contributed by atoms with van der Waals surface area (Å²) in [6.45, 7) is 2.68. The number of nitrogens with one attached hydrogen (secondary N) is 2. The Morgan fingerprint density at radius 3 is 2.70 bits per heavy atom. The molecular weight excluding hydrogens is 469 g/mol. The van der Waals surface area contributed by atoms with Crippen LogP contribution in [0.2, 0.25) is 5.02 Å². The molecule has 0 amide bonds. The first-order chi connectivity index (χ1) is 15.7. The van der Waals surface area contributed by atoms with Gasteiger partial charge in [-0.3, -0.25) is 9.52 Å². The third kappa shape index (κ3) is 3.96. The predicted molar refractivity (Wildman–Crippen MR) is 127 cm³/mol. The van der Waals surface area contributed by atoms with Gasteiger partial charge in [-0.25, -0.2) is 9.37 Å².